The van der Waals surface area contributed by atoms with E-state index in [9.17, 15) is 0 Å². The lowest BCUT2D eigenvalue weighted by molar-refractivity contribution is -0.894. The highest BCUT2D eigenvalue weighted by atomic mass is 15.4. The minimum absolute atomic E-state index is 0. The quantitative estimate of drug-likeness (QED) is 0.452. The lowest BCUT2D eigenvalue weighted by Gasteiger charge is -2.37. The smallest absolute Gasteiger partial charge is 0.0912 e. The van der Waals surface area contributed by atoms with E-state index in [1.165, 1.54) is 30.7 Å². The fourth-order valence-corrected chi connectivity index (χ4v) is 1.11. The van der Waals surface area contributed by atoms with Gasteiger partial charge in [-0.15, -0.1) is 0 Å². The first kappa shape index (κ1) is 9.92. The fraction of sp³-hybridized carbons (Fsp3) is 1.00. The van der Waals surface area contributed by atoms with E-state index in [0.29, 0.717) is 0 Å². The van der Waals surface area contributed by atoms with Crippen LogP contribution in [0.25, 0.3) is 0 Å². The predicted molar refractivity (Wildman–Crippen MR) is 46.1 cm³/mol. The van der Waals surface area contributed by atoms with Crippen LogP contribution in [0.3, 0.4) is 0 Å². The van der Waals surface area contributed by atoms with Crippen molar-refractivity contribution in [2.75, 3.05) is 47.3 Å². The van der Waals surface area contributed by atoms with Crippen LogP contribution in [0.1, 0.15) is 7.43 Å². The van der Waals surface area contributed by atoms with Crippen LogP contribution in [0.5, 0.6) is 0 Å². The molecule has 0 aromatic rings. The molecule has 0 amide bonds. The van der Waals surface area contributed by atoms with Gasteiger partial charge < -0.3 is 4.48 Å². The number of hydrogen-bond acceptors (Lipinski definition) is 1. The molecule has 62 valence electrons. The van der Waals surface area contributed by atoms with Crippen molar-refractivity contribution in [3.05, 3.63) is 0 Å². The van der Waals surface area contributed by atoms with Crippen molar-refractivity contribution in [1.82, 2.24) is 4.90 Å². The molecule has 0 atom stereocenters. The summed E-state index contributed by atoms with van der Waals surface area (Å²) in [5.74, 6) is 0. The van der Waals surface area contributed by atoms with Crippen LogP contribution in [0.4, 0.5) is 0 Å². The molecule has 0 radical (unpaired) electrons. The summed E-state index contributed by atoms with van der Waals surface area (Å²) in [7, 11) is 6.79. The number of rotatable bonds is 0. The Morgan fingerprint density at radius 2 is 1.50 bits per heavy atom. The molecule has 1 rings (SSSR count). The number of quaternary nitrogens is 1. The second kappa shape index (κ2) is 3.35. The molecule has 0 N–H and O–H groups in total. The number of nitrogens with zero attached hydrogens (tertiary/aromatic N) is 2. The first-order valence-electron chi connectivity index (χ1n) is 3.61. The maximum atomic E-state index is 2.39. The lowest BCUT2D eigenvalue weighted by Crippen LogP contribution is -2.53. The third kappa shape index (κ3) is 2.67. The van der Waals surface area contributed by atoms with Crippen LogP contribution in [-0.4, -0.2) is 56.7 Å². The second-order valence-electron chi connectivity index (χ2n) is 3.69. The Bertz CT molecular complexity index is 89.4. The molecule has 0 spiro atoms. The zero-order chi connectivity index (χ0) is 6.91. The molecule has 0 aromatic heterocycles. The van der Waals surface area contributed by atoms with Crippen LogP contribution >= 0.6 is 0 Å². The normalized spacial score (nSPS) is 25.5. The van der Waals surface area contributed by atoms with Gasteiger partial charge in [-0.05, 0) is 7.05 Å². The monoisotopic (exact) mass is 145 g/mol. The van der Waals surface area contributed by atoms with Crippen LogP contribution < -0.4 is 0 Å². The highest BCUT2D eigenvalue weighted by Crippen LogP contribution is 2.03. The Kier molecular flexibility index (Phi) is 3.33. The highest BCUT2D eigenvalue weighted by Gasteiger charge is 2.21. The molecule has 0 unspecified atom stereocenters. The predicted octanol–water partition coefficient (Wildman–Crippen LogP) is 0.644. The van der Waals surface area contributed by atoms with Crippen molar-refractivity contribution in [3.8, 4) is 0 Å². The number of piperazine rings is 1. The molecule has 0 aromatic carbocycles. The zero-order valence-corrected chi connectivity index (χ0v) is 6.72. The van der Waals surface area contributed by atoms with Gasteiger partial charge in [0.05, 0.1) is 27.2 Å². The Morgan fingerprint density at radius 3 is 1.80 bits per heavy atom. The molecular weight excluding hydrogens is 124 g/mol. The minimum Gasteiger partial charge on any atom is -0.326 e. The van der Waals surface area contributed by atoms with E-state index in [4.69, 9.17) is 0 Å². The van der Waals surface area contributed by atoms with Gasteiger partial charge in [-0.3, -0.25) is 4.90 Å². The number of likely N-dealkylation sites (N-methyl/N-ethyl adjacent to an activating group) is 2. The van der Waals surface area contributed by atoms with Crippen molar-refractivity contribution in [2.24, 2.45) is 0 Å². The van der Waals surface area contributed by atoms with Gasteiger partial charge >= 0.3 is 0 Å². The molecular formula is C8H21N2+. The van der Waals surface area contributed by atoms with E-state index in [2.05, 4.69) is 26.0 Å². The van der Waals surface area contributed by atoms with E-state index < -0.39 is 0 Å². The number of hydrogen-bond donors (Lipinski definition) is 0. The van der Waals surface area contributed by atoms with Gasteiger partial charge in [-0.2, -0.15) is 0 Å². The average molecular weight is 145 g/mol. The topological polar surface area (TPSA) is 3.24 Å². The van der Waals surface area contributed by atoms with Crippen molar-refractivity contribution in [2.45, 2.75) is 7.43 Å². The third-order valence-corrected chi connectivity index (χ3v) is 2.17. The third-order valence-electron chi connectivity index (χ3n) is 2.17. The largest absolute Gasteiger partial charge is 0.326 e. The van der Waals surface area contributed by atoms with Crippen molar-refractivity contribution in [3.63, 3.8) is 0 Å². The summed E-state index contributed by atoms with van der Waals surface area (Å²) in [4.78, 5) is 2.39. The molecule has 0 aliphatic carbocycles. The lowest BCUT2D eigenvalue weighted by atomic mass is 10.3. The van der Waals surface area contributed by atoms with E-state index in [-0.39, 0.29) is 7.43 Å². The molecule has 1 aliphatic heterocycles. The fourth-order valence-electron chi connectivity index (χ4n) is 1.11. The first-order chi connectivity index (χ1) is 4.10. The Hall–Kier alpha value is -0.0800. The molecule has 1 saturated heterocycles. The highest BCUT2D eigenvalue weighted by molar-refractivity contribution is 4.55. The minimum atomic E-state index is 0. The molecule has 10 heavy (non-hydrogen) atoms. The van der Waals surface area contributed by atoms with Gasteiger partial charge in [0.15, 0.2) is 0 Å². The molecule has 2 nitrogen and oxygen atoms in total. The zero-order valence-electron chi connectivity index (χ0n) is 6.72. The molecule has 2 heteroatoms. The molecule has 1 aliphatic rings. The van der Waals surface area contributed by atoms with Gasteiger partial charge in [0.25, 0.3) is 0 Å². The first-order valence-corrected chi connectivity index (χ1v) is 3.61. The van der Waals surface area contributed by atoms with Crippen LogP contribution in [0.15, 0.2) is 0 Å². The Balaban J connectivity index is 0.000000810. The van der Waals surface area contributed by atoms with E-state index in [1.807, 2.05) is 0 Å². The standard InChI is InChI=1S/C7H17N2.CH4/c1-8-4-6-9(2,3)7-5-8;/h4-7H2,1-3H3;1H4/q+1;. The second-order valence-corrected chi connectivity index (χ2v) is 3.69. The molecule has 0 bridgehead atoms. The van der Waals surface area contributed by atoms with Crippen molar-refractivity contribution >= 4 is 0 Å². The van der Waals surface area contributed by atoms with Gasteiger partial charge in [-0.1, -0.05) is 7.43 Å². The van der Waals surface area contributed by atoms with Crippen molar-refractivity contribution < 1.29 is 4.48 Å². The summed E-state index contributed by atoms with van der Waals surface area (Å²) >= 11 is 0. The van der Waals surface area contributed by atoms with Crippen molar-refractivity contribution in [1.29, 1.82) is 0 Å². The molecule has 0 saturated carbocycles. The molecule has 1 heterocycles. The van der Waals surface area contributed by atoms with Crippen LogP contribution in [0.2, 0.25) is 0 Å². The van der Waals surface area contributed by atoms with Gasteiger partial charge in [0, 0.05) is 13.1 Å². The van der Waals surface area contributed by atoms with E-state index >= 15 is 0 Å². The summed E-state index contributed by atoms with van der Waals surface area (Å²) in [6.45, 7) is 5.12. The maximum absolute atomic E-state index is 2.39. The summed E-state index contributed by atoms with van der Waals surface area (Å²) < 4.78 is 1.20. The van der Waals surface area contributed by atoms with E-state index in [0.717, 1.165) is 0 Å². The van der Waals surface area contributed by atoms with Gasteiger partial charge in [0.1, 0.15) is 0 Å². The maximum Gasteiger partial charge on any atom is 0.0912 e. The SMILES string of the molecule is C.CN1CC[N+](C)(C)CC1. The average Bonchev–Trinajstić information content (AvgIpc) is 1.78. The summed E-state index contributed by atoms with van der Waals surface area (Å²) in [5.41, 5.74) is 0. The van der Waals surface area contributed by atoms with Crippen LogP contribution in [-0.2, 0) is 0 Å². The molecule has 1 fully saturated rings. The Morgan fingerprint density at radius 1 is 1.10 bits per heavy atom. The van der Waals surface area contributed by atoms with Gasteiger partial charge in [0.2, 0.25) is 0 Å². The van der Waals surface area contributed by atoms with Gasteiger partial charge in [-0.25, -0.2) is 0 Å². The summed E-state index contributed by atoms with van der Waals surface area (Å²) in [5, 5.41) is 0. The Labute approximate surface area is 65.0 Å². The summed E-state index contributed by atoms with van der Waals surface area (Å²) in [6.07, 6.45) is 0. The van der Waals surface area contributed by atoms with Crippen LogP contribution in [0, 0.1) is 0 Å². The summed E-state index contributed by atoms with van der Waals surface area (Å²) in [6, 6.07) is 0. The van der Waals surface area contributed by atoms with E-state index in [1.54, 1.807) is 0 Å².